The summed E-state index contributed by atoms with van der Waals surface area (Å²) in [4.78, 5) is 8.05. The fourth-order valence-corrected chi connectivity index (χ4v) is 2.92. The molecule has 1 unspecified atom stereocenters. The van der Waals surface area contributed by atoms with Gasteiger partial charge in [0.2, 0.25) is 0 Å². The van der Waals surface area contributed by atoms with Crippen LogP contribution >= 0.6 is 0 Å². The van der Waals surface area contributed by atoms with Gasteiger partial charge in [-0.15, -0.1) is 0 Å². The number of benzene rings is 1. The molecule has 0 aliphatic heterocycles. The Morgan fingerprint density at radius 1 is 1.15 bits per heavy atom. The van der Waals surface area contributed by atoms with Gasteiger partial charge >= 0.3 is 0 Å². The molecule has 1 N–H and O–H groups in total. The molecular weight excluding hydrogens is 336 g/mol. The normalized spacial score (nSPS) is 13.2. The maximum absolute atomic E-state index is 14.2. The highest BCUT2D eigenvalue weighted by Gasteiger charge is 2.23. The van der Waals surface area contributed by atoms with Crippen LogP contribution in [0.4, 0.5) is 8.78 Å². The van der Waals surface area contributed by atoms with Crippen molar-refractivity contribution in [3.8, 4) is 0 Å². The van der Waals surface area contributed by atoms with Gasteiger partial charge < -0.3 is 19.7 Å². The van der Waals surface area contributed by atoms with Gasteiger partial charge in [-0.3, -0.25) is 4.99 Å². The van der Waals surface area contributed by atoms with E-state index in [1.165, 1.54) is 18.2 Å². The van der Waals surface area contributed by atoms with Crippen molar-refractivity contribution in [1.29, 1.82) is 0 Å². The summed E-state index contributed by atoms with van der Waals surface area (Å²) >= 11 is 0. The molecular formula is C19H27F2N5. The molecule has 1 atom stereocenters. The zero-order valence-corrected chi connectivity index (χ0v) is 16.0. The highest BCUT2D eigenvalue weighted by Crippen LogP contribution is 2.24. The predicted octanol–water partition coefficient (Wildman–Crippen LogP) is 2.61. The quantitative estimate of drug-likeness (QED) is 0.633. The minimum absolute atomic E-state index is 0.0607. The van der Waals surface area contributed by atoms with E-state index in [1.807, 2.05) is 41.9 Å². The van der Waals surface area contributed by atoms with Gasteiger partial charge in [0.15, 0.2) is 5.96 Å². The average molecular weight is 363 g/mol. The first-order chi connectivity index (χ1) is 12.3. The lowest BCUT2D eigenvalue weighted by atomic mass is 10.0. The fraction of sp³-hybridized carbons (Fsp3) is 0.421. The lowest BCUT2D eigenvalue weighted by Gasteiger charge is -2.29. The van der Waals surface area contributed by atoms with Crippen molar-refractivity contribution in [2.45, 2.75) is 12.6 Å². The molecule has 0 amide bonds. The number of aryl methyl sites for hydroxylation is 1. The molecule has 142 valence electrons. The molecule has 5 nitrogen and oxygen atoms in total. The molecule has 0 fully saturated rings. The Morgan fingerprint density at radius 2 is 1.81 bits per heavy atom. The Hall–Kier alpha value is -2.41. The molecule has 0 aliphatic rings. The molecule has 1 aromatic heterocycles. The lowest BCUT2D eigenvalue weighted by molar-refractivity contribution is 0.280. The van der Waals surface area contributed by atoms with Crippen molar-refractivity contribution >= 4 is 5.96 Å². The number of nitrogens with zero attached hydrogens (tertiary/aromatic N) is 4. The molecule has 7 heteroatoms. The van der Waals surface area contributed by atoms with Gasteiger partial charge in [0.1, 0.15) is 11.6 Å². The Kier molecular flexibility index (Phi) is 6.74. The maximum Gasteiger partial charge on any atom is 0.193 e. The summed E-state index contributed by atoms with van der Waals surface area (Å²) in [5.41, 5.74) is 1.20. The third-order valence-electron chi connectivity index (χ3n) is 4.43. The number of hydrogen-bond donors (Lipinski definition) is 1. The SMILES string of the molecule is CN=C(NCC(c1c(F)cccc1F)N(C)C)N(C)Cc1cccn1C. The van der Waals surface area contributed by atoms with Crippen molar-refractivity contribution in [2.24, 2.45) is 12.0 Å². The monoisotopic (exact) mass is 363 g/mol. The highest BCUT2D eigenvalue weighted by molar-refractivity contribution is 5.79. The summed E-state index contributed by atoms with van der Waals surface area (Å²) in [7, 11) is 9.21. The molecule has 1 heterocycles. The van der Waals surface area contributed by atoms with Gasteiger partial charge in [0.05, 0.1) is 12.6 Å². The summed E-state index contributed by atoms with van der Waals surface area (Å²) in [6, 6.07) is 7.51. The van der Waals surface area contributed by atoms with Crippen LogP contribution in [0.2, 0.25) is 0 Å². The van der Waals surface area contributed by atoms with Crippen molar-refractivity contribution in [3.63, 3.8) is 0 Å². The summed E-state index contributed by atoms with van der Waals surface area (Å²) in [6.45, 7) is 0.999. The fourth-order valence-electron chi connectivity index (χ4n) is 2.92. The first-order valence-corrected chi connectivity index (χ1v) is 8.47. The van der Waals surface area contributed by atoms with Crippen molar-refractivity contribution in [3.05, 3.63) is 59.4 Å². The number of likely N-dealkylation sites (N-methyl/N-ethyl adjacent to an activating group) is 1. The van der Waals surface area contributed by atoms with Gasteiger partial charge in [-0.25, -0.2) is 8.78 Å². The number of nitrogens with one attached hydrogen (secondary N) is 1. The lowest BCUT2D eigenvalue weighted by Crippen LogP contribution is -2.43. The number of guanidine groups is 1. The van der Waals surface area contributed by atoms with E-state index < -0.39 is 17.7 Å². The summed E-state index contributed by atoms with van der Waals surface area (Å²) in [5.74, 6) is -0.426. The van der Waals surface area contributed by atoms with E-state index in [0.29, 0.717) is 19.0 Å². The largest absolute Gasteiger partial charge is 0.354 e. The number of hydrogen-bond acceptors (Lipinski definition) is 2. The Labute approximate surface area is 153 Å². The van der Waals surface area contributed by atoms with Crippen LogP contribution in [-0.2, 0) is 13.6 Å². The topological polar surface area (TPSA) is 35.8 Å². The maximum atomic E-state index is 14.2. The van der Waals surface area contributed by atoms with E-state index in [-0.39, 0.29) is 5.56 Å². The first-order valence-electron chi connectivity index (χ1n) is 8.47. The van der Waals surface area contributed by atoms with Crippen LogP contribution in [0.25, 0.3) is 0 Å². The van der Waals surface area contributed by atoms with Crippen LogP contribution in [0.15, 0.2) is 41.5 Å². The van der Waals surface area contributed by atoms with E-state index in [0.717, 1.165) is 5.69 Å². The zero-order chi connectivity index (χ0) is 19.3. The molecule has 1 aromatic carbocycles. The Balaban J connectivity index is 2.10. The van der Waals surface area contributed by atoms with Crippen LogP contribution < -0.4 is 5.32 Å². The molecule has 0 bridgehead atoms. The number of rotatable bonds is 6. The third-order valence-corrected chi connectivity index (χ3v) is 4.43. The highest BCUT2D eigenvalue weighted by atomic mass is 19.1. The Morgan fingerprint density at radius 3 is 2.31 bits per heavy atom. The molecule has 0 spiro atoms. The van der Waals surface area contributed by atoms with Crippen LogP contribution in [0.3, 0.4) is 0 Å². The van der Waals surface area contributed by atoms with Gasteiger partial charge in [0.25, 0.3) is 0 Å². The molecule has 26 heavy (non-hydrogen) atoms. The first kappa shape index (κ1) is 19.9. The molecule has 2 aromatic rings. The smallest absolute Gasteiger partial charge is 0.193 e. The number of aliphatic imine (C=N–C) groups is 1. The molecule has 0 saturated heterocycles. The van der Waals surface area contributed by atoms with E-state index >= 15 is 0 Å². The van der Waals surface area contributed by atoms with Crippen LogP contribution in [0.5, 0.6) is 0 Å². The minimum Gasteiger partial charge on any atom is -0.354 e. The molecule has 0 aliphatic carbocycles. The summed E-state index contributed by atoms with van der Waals surface area (Å²) in [5, 5.41) is 3.23. The summed E-state index contributed by atoms with van der Waals surface area (Å²) in [6.07, 6.45) is 1.99. The van der Waals surface area contributed by atoms with E-state index in [4.69, 9.17) is 0 Å². The second-order valence-electron chi connectivity index (χ2n) is 6.51. The molecule has 0 radical (unpaired) electrons. The van der Waals surface area contributed by atoms with E-state index in [9.17, 15) is 8.78 Å². The van der Waals surface area contributed by atoms with Crippen molar-refractivity contribution in [2.75, 3.05) is 34.7 Å². The molecule has 0 saturated carbocycles. The predicted molar refractivity (Wildman–Crippen MR) is 101 cm³/mol. The van der Waals surface area contributed by atoms with Crippen LogP contribution in [-0.4, -0.2) is 55.1 Å². The van der Waals surface area contributed by atoms with E-state index in [1.54, 1.807) is 26.0 Å². The van der Waals surface area contributed by atoms with Gasteiger partial charge in [-0.1, -0.05) is 6.07 Å². The standard InChI is InChI=1S/C19H27F2N5/c1-22-19(26(5)13-14-8-7-11-25(14)4)23-12-17(24(2)3)18-15(20)9-6-10-16(18)21/h6-11,17H,12-13H2,1-5H3,(H,22,23). The summed E-state index contributed by atoms with van der Waals surface area (Å²) < 4.78 is 30.4. The number of aromatic nitrogens is 1. The van der Waals surface area contributed by atoms with Gasteiger partial charge in [-0.2, -0.15) is 0 Å². The minimum atomic E-state index is -0.544. The van der Waals surface area contributed by atoms with Gasteiger partial charge in [0, 0.05) is 45.1 Å². The Bertz CT molecular complexity index is 734. The van der Waals surface area contributed by atoms with E-state index in [2.05, 4.69) is 10.3 Å². The van der Waals surface area contributed by atoms with Crippen molar-refractivity contribution in [1.82, 2.24) is 19.7 Å². The van der Waals surface area contributed by atoms with Crippen LogP contribution in [0.1, 0.15) is 17.3 Å². The second-order valence-corrected chi connectivity index (χ2v) is 6.51. The second kappa shape index (κ2) is 8.80. The van der Waals surface area contributed by atoms with Gasteiger partial charge in [-0.05, 0) is 38.4 Å². The third kappa shape index (κ3) is 4.60. The molecule has 2 rings (SSSR count). The average Bonchev–Trinajstić information content (AvgIpc) is 2.98. The van der Waals surface area contributed by atoms with Crippen molar-refractivity contribution < 1.29 is 8.78 Å². The number of halogens is 2. The zero-order valence-electron chi connectivity index (χ0n) is 16.0. The van der Waals surface area contributed by atoms with Crippen LogP contribution in [0, 0.1) is 11.6 Å².